The number of carbonyl (C=O) groups excluding carboxylic acids is 3. The standard InChI is InChI=1S/C23H22FN3O3/c24-19-9-3-1-7-16(19)13-25-21(28)15-27-14-18(17-8-2-4-10-20(17)27)22(29)23(30)26-11-5-6-12-26/h1-4,7-10,14H,5-6,11-13,15H2,(H,25,28). The Bertz CT molecular complexity index is 1120. The second-order valence-corrected chi connectivity index (χ2v) is 7.38. The maximum atomic E-state index is 13.7. The molecule has 1 N–H and O–H groups in total. The number of nitrogens with zero attached hydrogens (tertiary/aromatic N) is 2. The number of rotatable bonds is 6. The van der Waals surface area contributed by atoms with Gasteiger partial charge >= 0.3 is 0 Å². The average molecular weight is 407 g/mol. The van der Waals surface area contributed by atoms with Crippen molar-refractivity contribution in [1.82, 2.24) is 14.8 Å². The lowest BCUT2D eigenvalue weighted by molar-refractivity contribution is -0.125. The van der Waals surface area contributed by atoms with Gasteiger partial charge in [0.05, 0.1) is 5.56 Å². The molecular weight excluding hydrogens is 385 g/mol. The molecule has 0 spiro atoms. The minimum atomic E-state index is -0.557. The summed E-state index contributed by atoms with van der Waals surface area (Å²) in [6.07, 6.45) is 3.37. The normalized spacial score (nSPS) is 13.6. The summed E-state index contributed by atoms with van der Waals surface area (Å²) < 4.78 is 15.4. The topological polar surface area (TPSA) is 71.4 Å². The zero-order chi connectivity index (χ0) is 21.1. The molecule has 2 heterocycles. The smallest absolute Gasteiger partial charge is 0.295 e. The van der Waals surface area contributed by atoms with Crippen LogP contribution < -0.4 is 5.32 Å². The fourth-order valence-electron chi connectivity index (χ4n) is 3.78. The number of carbonyl (C=O) groups is 3. The van der Waals surface area contributed by atoms with Crippen molar-refractivity contribution in [2.45, 2.75) is 25.9 Å². The van der Waals surface area contributed by atoms with Crippen LogP contribution in [0.1, 0.15) is 28.8 Å². The van der Waals surface area contributed by atoms with E-state index >= 15 is 0 Å². The quantitative estimate of drug-likeness (QED) is 0.505. The highest BCUT2D eigenvalue weighted by atomic mass is 19.1. The maximum Gasteiger partial charge on any atom is 0.295 e. The Morgan fingerprint density at radius 1 is 0.967 bits per heavy atom. The molecule has 0 unspecified atom stereocenters. The number of fused-ring (bicyclic) bond motifs is 1. The van der Waals surface area contributed by atoms with E-state index in [1.54, 1.807) is 52.1 Å². The van der Waals surface area contributed by atoms with Gasteiger partial charge in [-0.2, -0.15) is 0 Å². The molecule has 7 heteroatoms. The lowest BCUT2D eigenvalue weighted by Crippen LogP contribution is -2.34. The average Bonchev–Trinajstić information content (AvgIpc) is 3.41. The van der Waals surface area contributed by atoms with Gasteiger partial charge in [-0.25, -0.2) is 4.39 Å². The molecule has 0 saturated carbocycles. The van der Waals surface area contributed by atoms with Gasteiger partial charge in [0.25, 0.3) is 11.7 Å². The van der Waals surface area contributed by atoms with Crippen molar-refractivity contribution in [3.63, 3.8) is 0 Å². The number of nitrogens with one attached hydrogen (secondary N) is 1. The van der Waals surface area contributed by atoms with E-state index in [4.69, 9.17) is 0 Å². The maximum absolute atomic E-state index is 13.7. The number of aromatic nitrogens is 1. The summed E-state index contributed by atoms with van der Waals surface area (Å²) in [4.78, 5) is 39.4. The van der Waals surface area contributed by atoms with Crippen molar-refractivity contribution in [3.8, 4) is 0 Å². The third kappa shape index (κ3) is 3.96. The van der Waals surface area contributed by atoms with Crippen molar-refractivity contribution < 1.29 is 18.8 Å². The van der Waals surface area contributed by atoms with Crippen LogP contribution in [-0.4, -0.2) is 40.2 Å². The minimum absolute atomic E-state index is 0.0415. The van der Waals surface area contributed by atoms with Gasteiger partial charge in [-0.1, -0.05) is 36.4 Å². The van der Waals surface area contributed by atoms with Crippen LogP contribution >= 0.6 is 0 Å². The summed E-state index contributed by atoms with van der Waals surface area (Å²) in [6, 6.07) is 13.4. The molecule has 1 saturated heterocycles. The SMILES string of the molecule is O=C(Cn1cc(C(=O)C(=O)N2CCCC2)c2ccccc21)NCc1ccccc1F. The van der Waals surface area contributed by atoms with E-state index in [-0.39, 0.29) is 24.8 Å². The van der Waals surface area contributed by atoms with E-state index in [0.29, 0.717) is 35.1 Å². The number of ketones is 1. The number of likely N-dealkylation sites (tertiary alicyclic amines) is 1. The molecule has 1 aliphatic rings. The predicted molar refractivity (Wildman–Crippen MR) is 110 cm³/mol. The summed E-state index contributed by atoms with van der Waals surface area (Å²) in [5.41, 5.74) is 1.39. The Labute approximate surface area is 173 Å². The first kappa shape index (κ1) is 19.8. The number of hydrogen-bond acceptors (Lipinski definition) is 3. The van der Waals surface area contributed by atoms with Crippen LogP contribution in [0.4, 0.5) is 4.39 Å². The molecule has 1 aliphatic heterocycles. The second-order valence-electron chi connectivity index (χ2n) is 7.38. The number of para-hydroxylation sites is 1. The molecule has 0 radical (unpaired) electrons. The van der Waals surface area contributed by atoms with Gasteiger partial charge in [0.15, 0.2) is 0 Å². The molecule has 0 atom stereocenters. The lowest BCUT2D eigenvalue weighted by atomic mass is 10.1. The van der Waals surface area contributed by atoms with Crippen LogP contribution in [-0.2, 0) is 22.7 Å². The molecule has 4 rings (SSSR count). The highest BCUT2D eigenvalue weighted by molar-refractivity contribution is 6.44. The zero-order valence-electron chi connectivity index (χ0n) is 16.4. The summed E-state index contributed by atoms with van der Waals surface area (Å²) >= 11 is 0. The first-order valence-corrected chi connectivity index (χ1v) is 9.96. The molecule has 2 amide bonds. The Balaban J connectivity index is 1.53. The highest BCUT2D eigenvalue weighted by Crippen LogP contribution is 2.23. The van der Waals surface area contributed by atoms with Crippen molar-refractivity contribution in [2.75, 3.05) is 13.1 Å². The van der Waals surface area contributed by atoms with E-state index in [1.165, 1.54) is 6.07 Å². The fourth-order valence-corrected chi connectivity index (χ4v) is 3.78. The third-order valence-electron chi connectivity index (χ3n) is 5.37. The number of amides is 2. The van der Waals surface area contributed by atoms with Gasteiger partial charge in [0.1, 0.15) is 12.4 Å². The number of halogens is 1. The number of Topliss-reactive ketones (excluding diaryl/α,β-unsaturated/α-hetero) is 1. The van der Waals surface area contributed by atoms with Crippen LogP contribution in [0.15, 0.2) is 54.7 Å². The van der Waals surface area contributed by atoms with Gasteiger partial charge in [0, 0.05) is 42.3 Å². The lowest BCUT2D eigenvalue weighted by Gasteiger charge is -2.13. The number of benzene rings is 2. The summed E-state index contributed by atoms with van der Waals surface area (Å²) in [7, 11) is 0. The highest BCUT2D eigenvalue weighted by Gasteiger charge is 2.28. The van der Waals surface area contributed by atoms with E-state index < -0.39 is 11.7 Å². The van der Waals surface area contributed by atoms with E-state index in [9.17, 15) is 18.8 Å². The van der Waals surface area contributed by atoms with Crippen LogP contribution in [0.25, 0.3) is 10.9 Å². The Kier molecular flexibility index (Phi) is 5.61. The van der Waals surface area contributed by atoms with Gasteiger partial charge in [0.2, 0.25) is 5.91 Å². The van der Waals surface area contributed by atoms with Crippen molar-refractivity contribution in [2.24, 2.45) is 0 Å². The summed E-state index contributed by atoms with van der Waals surface area (Å²) in [5.74, 6) is -1.75. The molecule has 3 aromatic rings. The van der Waals surface area contributed by atoms with Crippen LogP contribution in [0.2, 0.25) is 0 Å². The first-order chi connectivity index (χ1) is 14.5. The second kappa shape index (κ2) is 8.49. The van der Waals surface area contributed by atoms with Crippen LogP contribution in [0.3, 0.4) is 0 Å². The minimum Gasteiger partial charge on any atom is -0.350 e. The monoisotopic (exact) mass is 407 g/mol. The molecule has 2 aromatic carbocycles. The van der Waals surface area contributed by atoms with Gasteiger partial charge in [-0.05, 0) is 25.0 Å². The molecule has 0 aliphatic carbocycles. The van der Waals surface area contributed by atoms with Gasteiger partial charge in [-0.3, -0.25) is 14.4 Å². The largest absolute Gasteiger partial charge is 0.350 e. The molecule has 154 valence electrons. The van der Waals surface area contributed by atoms with Crippen molar-refractivity contribution >= 4 is 28.5 Å². The zero-order valence-corrected chi connectivity index (χ0v) is 16.4. The molecule has 1 fully saturated rings. The van der Waals surface area contributed by atoms with Crippen molar-refractivity contribution in [3.05, 3.63) is 71.7 Å². The Morgan fingerprint density at radius 3 is 2.43 bits per heavy atom. The molecule has 0 bridgehead atoms. The first-order valence-electron chi connectivity index (χ1n) is 9.96. The van der Waals surface area contributed by atoms with Gasteiger partial charge < -0.3 is 14.8 Å². The van der Waals surface area contributed by atoms with Crippen LogP contribution in [0.5, 0.6) is 0 Å². The third-order valence-corrected chi connectivity index (χ3v) is 5.37. The Hall–Kier alpha value is -3.48. The van der Waals surface area contributed by atoms with Gasteiger partial charge in [-0.15, -0.1) is 0 Å². The summed E-state index contributed by atoms with van der Waals surface area (Å²) in [5, 5.41) is 3.34. The molecule has 6 nitrogen and oxygen atoms in total. The van der Waals surface area contributed by atoms with E-state index in [1.807, 2.05) is 6.07 Å². The van der Waals surface area contributed by atoms with Crippen LogP contribution in [0, 0.1) is 5.82 Å². The molecule has 30 heavy (non-hydrogen) atoms. The Morgan fingerprint density at radius 2 is 1.67 bits per heavy atom. The molecular formula is C23H22FN3O3. The number of hydrogen-bond donors (Lipinski definition) is 1. The molecule has 1 aromatic heterocycles. The predicted octanol–water partition coefficient (Wildman–Crippen LogP) is 2.90. The fraction of sp³-hybridized carbons (Fsp3) is 0.261. The van der Waals surface area contributed by atoms with E-state index in [0.717, 1.165) is 12.8 Å². The van der Waals surface area contributed by atoms with E-state index in [2.05, 4.69) is 5.32 Å². The van der Waals surface area contributed by atoms with Crippen molar-refractivity contribution in [1.29, 1.82) is 0 Å². The summed E-state index contributed by atoms with van der Waals surface area (Å²) in [6.45, 7) is 1.23.